The lowest BCUT2D eigenvalue weighted by atomic mass is 10.1. The number of nitrogens with zero attached hydrogens (tertiary/aromatic N) is 4. The number of carbonyl (C=O) groups is 1. The van der Waals surface area contributed by atoms with Crippen LogP contribution in [0.15, 0.2) is 53.5 Å². The molecule has 0 spiro atoms. The van der Waals surface area contributed by atoms with Crippen LogP contribution in [0.5, 0.6) is 0 Å². The molecule has 1 aliphatic heterocycles. The number of nitrogens with one attached hydrogen (secondary N) is 2. The van der Waals surface area contributed by atoms with E-state index in [2.05, 4.69) is 64.4 Å². The molecule has 7 nitrogen and oxygen atoms in total. The lowest BCUT2D eigenvalue weighted by Gasteiger charge is -2.16. The van der Waals surface area contributed by atoms with Crippen LogP contribution in [0, 0.1) is 6.92 Å². The van der Waals surface area contributed by atoms with Crippen LogP contribution in [-0.4, -0.2) is 46.0 Å². The standard InChI is InChI=1S/C26H34N6O/c1-3-27-26(29-16-9-17-32-20(2)30-23-12-6-7-13-24(23)32)28-15-8-14-25(33)31-18-21-10-4-5-11-22(21)19-31/h4-7,10-13H,3,8-9,14-19H2,1-2H3,(H2,27,28,29). The highest BCUT2D eigenvalue weighted by Gasteiger charge is 2.22. The zero-order chi connectivity index (χ0) is 23.0. The first-order valence-electron chi connectivity index (χ1n) is 11.9. The lowest BCUT2D eigenvalue weighted by molar-refractivity contribution is -0.131. The van der Waals surface area contributed by atoms with Gasteiger partial charge in [-0.2, -0.15) is 0 Å². The highest BCUT2D eigenvalue weighted by molar-refractivity contribution is 5.80. The second-order valence-corrected chi connectivity index (χ2v) is 8.46. The van der Waals surface area contributed by atoms with E-state index in [0.717, 1.165) is 69.4 Å². The fraction of sp³-hybridized carbons (Fsp3) is 0.423. The number of imidazole rings is 1. The molecule has 1 amide bonds. The fourth-order valence-electron chi connectivity index (χ4n) is 4.35. The zero-order valence-corrected chi connectivity index (χ0v) is 19.7. The van der Waals surface area contributed by atoms with Crippen molar-refractivity contribution in [2.45, 2.75) is 52.7 Å². The highest BCUT2D eigenvalue weighted by atomic mass is 16.2. The van der Waals surface area contributed by atoms with Crippen molar-refractivity contribution in [3.8, 4) is 0 Å². The molecule has 0 unspecified atom stereocenters. The molecule has 0 radical (unpaired) electrons. The minimum Gasteiger partial charge on any atom is -0.357 e. The largest absolute Gasteiger partial charge is 0.357 e. The van der Waals surface area contributed by atoms with Crippen molar-refractivity contribution in [1.82, 2.24) is 25.1 Å². The third-order valence-electron chi connectivity index (χ3n) is 6.05. The van der Waals surface area contributed by atoms with E-state index < -0.39 is 0 Å². The van der Waals surface area contributed by atoms with Crippen molar-refractivity contribution < 1.29 is 4.79 Å². The van der Waals surface area contributed by atoms with E-state index in [0.29, 0.717) is 6.42 Å². The summed E-state index contributed by atoms with van der Waals surface area (Å²) in [5.41, 5.74) is 4.75. The number of hydrogen-bond donors (Lipinski definition) is 2. The van der Waals surface area contributed by atoms with E-state index >= 15 is 0 Å². The monoisotopic (exact) mass is 446 g/mol. The van der Waals surface area contributed by atoms with Gasteiger partial charge in [-0.25, -0.2) is 4.98 Å². The average molecular weight is 447 g/mol. The van der Waals surface area contributed by atoms with E-state index in [4.69, 9.17) is 4.99 Å². The van der Waals surface area contributed by atoms with E-state index in [-0.39, 0.29) is 5.91 Å². The van der Waals surface area contributed by atoms with Crippen molar-refractivity contribution in [2.75, 3.05) is 19.6 Å². The molecular weight excluding hydrogens is 412 g/mol. The van der Waals surface area contributed by atoms with Crippen LogP contribution in [0.2, 0.25) is 0 Å². The first-order chi connectivity index (χ1) is 16.2. The van der Waals surface area contributed by atoms with Crippen molar-refractivity contribution in [1.29, 1.82) is 0 Å². The quantitative estimate of drug-likeness (QED) is 0.299. The molecule has 7 heteroatoms. The Morgan fingerprint density at radius 1 is 1.03 bits per heavy atom. The van der Waals surface area contributed by atoms with Gasteiger partial charge in [0.1, 0.15) is 5.82 Å². The summed E-state index contributed by atoms with van der Waals surface area (Å²) in [6.07, 6.45) is 2.27. The summed E-state index contributed by atoms with van der Waals surface area (Å²) < 4.78 is 2.26. The third-order valence-corrected chi connectivity index (χ3v) is 6.05. The van der Waals surface area contributed by atoms with Gasteiger partial charge in [0.05, 0.1) is 11.0 Å². The lowest BCUT2D eigenvalue weighted by Crippen LogP contribution is -2.38. The molecule has 1 aliphatic rings. The molecule has 2 aromatic carbocycles. The average Bonchev–Trinajstić information content (AvgIpc) is 3.40. The highest BCUT2D eigenvalue weighted by Crippen LogP contribution is 2.22. The fourth-order valence-corrected chi connectivity index (χ4v) is 4.35. The number of amides is 1. The number of para-hydroxylation sites is 2. The van der Waals surface area contributed by atoms with E-state index in [1.807, 2.05) is 23.1 Å². The summed E-state index contributed by atoms with van der Waals surface area (Å²) in [6, 6.07) is 16.5. The summed E-state index contributed by atoms with van der Waals surface area (Å²) in [5, 5.41) is 6.66. The molecule has 0 bridgehead atoms. The second-order valence-electron chi connectivity index (χ2n) is 8.46. The molecule has 0 fully saturated rings. The molecule has 174 valence electrons. The van der Waals surface area contributed by atoms with Gasteiger partial charge in [0.15, 0.2) is 5.96 Å². The molecule has 2 N–H and O–H groups in total. The molecule has 33 heavy (non-hydrogen) atoms. The second kappa shape index (κ2) is 11.0. The SMILES string of the molecule is CCNC(=NCCCn1c(C)nc2ccccc21)NCCCC(=O)N1Cc2ccccc2C1. The van der Waals surface area contributed by atoms with Crippen LogP contribution in [-0.2, 0) is 24.4 Å². The summed E-state index contributed by atoms with van der Waals surface area (Å²) in [7, 11) is 0. The predicted octanol–water partition coefficient (Wildman–Crippen LogP) is 3.61. The topological polar surface area (TPSA) is 74.5 Å². The summed E-state index contributed by atoms with van der Waals surface area (Å²) in [6.45, 7) is 8.74. The number of aliphatic imine (C=N–C) groups is 1. The molecule has 0 atom stereocenters. The molecule has 0 saturated heterocycles. The number of rotatable bonds is 9. The molecule has 0 aliphatic carbocycles. The van der Waals surface area contributed by atoms with Crippen LogP contribution in [0.3, 0.4) is 0 Å². The smallest absolute Gasteiger partial charge is 0.223 e. The first-order valence-corrected chi connectivity index (χ1v) is 11.9. The van der Waals surface area contributed by atoms with E-state index in [9.17, 15) is 4.79 Å². The zero-order valence-electron chi connectivity index (χ0n) is 19.7. The summed E-state index contributed by atoms with van der Waals surface area (Å²) in [4.78, 5) is 23.9. The Balaban J connectivity index is 1.19. The summed E-state index contributed by atoms with van der Waals surface area (Å²) in [5.74, 6) is 2.07. The molecule has 4 rings (SSSR count). The van der Waals surface area contributed by atoms with Crippen molar-refractivity contribution in [2.24, 2.45) is 4.99 Å². The Morgan fingerprint density at radius 3 is 2.52 bits per heavy atom. The number of fused-ring (bicyclic) bond motifs is 2. The van der Waals surface area contributed by atoms with Gasteiger partial charge in [-0.05, 0) is 49.9 Å². The normalized spacial score (nSPS) is 13.4. The van der Waals surface area contributed by atoms with Crippen LogP contribution in [0.4, 0.5) is 0 Å². The van der Waals surface area contributed by atoms with Gasteiger partial charge in [0.2, 0.25) is 5.91 Å². The minimum atomic E-state index is 0.220. The number of guanidine groups is 1. The van der Waals surface area contributed by atoms with Crippen molar-refractivity contribution in [3.63, 3.8) is 0 Å². The van der Waals surface area contributed by atoms with Gasteiger partial charge in [-0.15, -0.1) is 0 Å². The maximum Gasteiger partial charge on any atom is 0.223 e. The van der Waals surface area contributed by atoms with Gasteiger partial charge in [-0.1, -0.05) is 36.4 Å². The van der Waals surface area contributed by atoms with Crippen LogP contribution in [0.1, 0.15) is 43.1 Å². The van der Waals surface area contributed by atoms with Crippen LogP contribution < -0.4 is 10.6 Å². The maximum atomic E-state index is 12.6. The van der Waals surface area contributed by atoms with Crippen LogP contribution >= 0.6 is 0 Å². The summed E-state index contributed by atoms with van der Waals surface area (Å²) >= 11 is 0. The number of hydrogen-bond acceptors (Lipinski definition) is 3. The Morgan fingerprint density at radius 2 is 1.76 bits per heavy atom. The maximum absolute atomic E-state index is 12.6. The Kier molecular flexibility index (Phi) is 7.60. The van der Waals surface area contributed by atoms with Gasteiger partial charge in [0, 0.05) is 45.7 Å². The predicted molar refractivity (Wildman–Crippen MR) is 133 cm³/mol. The Hall–Kier alpha value is -3.35. The van der Waals surface area contributed by atoms with Gasteiger partial charge in [-0.3, -0.25) is 9.79 Å². The van der Waals surface area contributed by atoms with Gasteiger partial charge >= 0.3 is 0 Å². The molecular formula is C26H34N6O. The molecule has 3 aromatic rings. The molecule has 2 heterocycles. The van der Waals surface area contributed by atoms with E-state index in [1.54, 1.807) is 0 Å². The first kappa shape index (κ1) is 22.8. The number of benzene rings is 2. The third kappa shape index (κ3) is 5.72. The van der Waals surface area contributed by atoms with Gasteiger partial charge < -0.3 is 20.1 Å². The van der Waals surface area contributed by atoms with Crippen molar-refractivity contribution in [3.05, 3.63) is 65.5 Å². The Bertz CT molecular complexity index is 1090. The van der Waals surface area contributed by atoms with Crippen LogP contribution in [0.25, 0.3) is 11.0 Å². The number of aryl methyl sites for hydroxylation is 2. The number of aromatic nitrogens is 2. The van der Waals surface area contributed by atoms with Gasteiger partial charge in [0.25, 0.3) is 0 Å². The Labute approximate surface area is 195 Å². The molecule has 1 aromatic heterocycles. The number of carbonyl (C=O) groups excluding carboxylic acids is 1. The molecule has 0 saturated carbocycles. The minimum absolute atomic E-state index is 0.220. The van der Waals surface area contributed by atoms with E-state index in [1.165, 1.54) is 16.6 Å². The van der Waals surface area contributed by atoms with Crippen molar-refractivity contribution >= 4 is 22.9 Å².